The van der Waals surface area contributed by atoms with E-state index in [1.807, 2.05) is 52.4 Å². The van der Waals surface area contributed by atoms with Gasteiger partial charge in [-0.25, -0.2) is 9.37 Å². The predicted octanol–water partition coefficient (Wildman–Crippen LogP) is 6.79. The number of rotatable bonds is 9. The van der Waals surface area contributed by atoms with Gasteiger partial charge in [-0.05, 0) is 43.3 Å². The number of aromatic nitrogens is 4. The third kappa shape index (κ3) is 5.70. The second kappa shape index (κ2) is 10.7. The van der Waals surface area contributed by atoms with Crippen LogP contribution in [0.25, 0.3) is 5.69 Å². The summed E-state index contributed by atoms with van der Waals surface area (Å²) in [5.41, 5.74) is 4.08. The number of para-hydroxylation sites is 2. The molecule has 3 aromatic carbocycles. The van der Waals surface area contributed by atoms with Crippen molar-refractivity contribution in [2.24, 2.45) is 0 Å². The Labute approximate surface area is 210 Å². The van der Waals surface area contributed by atoms with Gasteiger partial charge in [0.05, 0.1) is 5.69 Å². The molecule has 0 aliphatic rings. The van der Waals surface area contributed by atoms with Gasteiger partial charge >= 0.3 is 0 Å². The molecule has 0 spiro atoms. The van der Waals surface area contributed by atoms with Crippen molar-refractivity contribution in [1.82, 2.24) is 19.7 Å². The van der Waals surface area contributed by atoms with E-state index in [0.29, 0.717) is 16.7 Å². The molecule has 2 heterocycles. The molecule has 0 aliphatic carbocycles. The quantitative estimate of drug-likeness (QED) is 0.224. The van der Waals surface area contributed by atoms with Crippen LogP contribution < -0.4 is 10.1 Å². The highest BCUT2D eigenvalue weighted by Crippen LogP contribution is 2.28. The molecule has 0 aliphatic heterocycles. The number of hydrogen-bond acceptors (Lipinski definition) is 7. The first-order valence-electron chi connectivity index (χ1n) is 10.9. The fraction of sp³-hybridized carbons (Fsp3) is 0.115. The maximum atomic E-state index is 14.0. The van der Waals surface area contributed by atoms with Gasteiger partial charge in [0.25, 0.3) is 0 Å². The van der Waals surface area contributed by atoms with Crippen LogP contribution in [0.3, 0.4) is 0 Å². The molecular weight excluding hydrogens is 481 g/mol. The van der Waals surface area contributed by atoms with E-state index in [1.54, 1.807) is 29.5 Å². The minimum atomic E-state index is -0.411. The lowest BCUT2D eigenvalue weighted by Crippen LogP contribution is -2.07. The summed E-state index contributed by atoms with van der Waals surface area (Å²) in [5.74, 6) is 0.986. The lowest BCUT2D eigenvalue weighted by Gasteiger charge is -2.11. The first kappa shape index (κ1) is 23.1. The van der Waals surface area contributed by atoms with E-state index < -0.39 is 5.82 Å². The average Bonchev–Trinajstić information content (AvgIpc) is 3.50. The summed E-state index contributed by atoms with van der Waals surface area (Å²) in [6.45, 7) is 2.15. The van der Waals surface area contributed by atoms with Crippen LogP contribution in [0.1, 0.15) is 17.1 Å². The van der Waals surface area contributed by atoms with Gasteiger partial charge in [0.1, 0.15) is 6.61 Å². The summed E-state index contributed by atoms with van der Waals surface area (Å²) in [6.07, 6.45) is 0. The second-order valence-electron chi connectivity index (χ2n) is 7.71. The Balaban J connectivity index is 1.31. The highest BCUT2D eigenvalue weighted by atomic mass is 32.2. The van der Waals surface area contributed by atoms with Gasteiger partial charge in [-0.1, -0.05) is 59.8 Å². The molecule has 0 fully saturated rings. The van der Waals surface area contributed by atoms with E-state index in [1.165, 1.54) is 23.4 Å². The number of hydrogen-bond donors (Lipinski definition) is 1. The van der Waals surface area contributed by atoms with E-state index in [2.05, 4.69) is 34.6 Å². The third-order valence-corrected chi connectivity index (χ3v) is 6.88. The fourth-order valence-corrected chi connectivity index (χ4v) is 5.06. The maximum Gasteiger partial charge on any atom is 0.196 e. The van der Waals surface area contributed by atoms with Crippen LogP contribution in [0, 0.1) is 12.7 Å². The summed E-state index contributed by atoms with van der Waals surface area (Å²) in [4.78, 5) is 4.70. The molecule has 5 aromatic rings. The van der Waals surface area contributed by atoms with Crippen molar-refractivity contribution in [2.45, 2.75) is 24.4 Å². The lowest BCUT2D eigenvalue weighted by molar-refractivity contribution is 0.278. The SMILES string of the molecule is Cc1ccc(Nc2nc(CSc3nnc(COc4ccccc4F)n3-c3ccccc3)cs2)cc1. The number of nitrogens with one attached hydrogen (secondary N) is 1. The molecule has 176 valence electrons. The summed E-state index contributed by atoms with van der Waals surface area (Å²) in [5, 5.41) is 15.7. The number of ether oxygens (including phenoxy) is 1. The van der Waals surface area contributed by atoms with E-state index in [0.717, 1.165) is 22.2 Å². The topological polar surface area (TPSA) is 64.9 Å². The van der Waals surface area contributed by atoms with Crippen LogP contribution in [0.15, 0.2) is 89.4 Å². The molecular formula is C26H22FN5OS2. The third-order valence-electron chi connectivity index (χ3n) is 5.11. The van der Waals surface area contributed by atoms with Gasteiger partial charge in [0.2, 0.25) is 0 Å². The van der Waals surface area contributed by atoms with E-state index in [-0.39, 0.29) is 12.4 Å². The van der Waals surface area contributed by atoms with Crippen molar-refractivity contribution in [1.29, 1.82) is 0 Å². The van der Waals surface area contributed by atoms with Crippen molar-refractivity contribution in [3.63, 3.8) is 0 Å². The Kier molecular flexibility index (Phi) is 7.06. The van der Waals surface area contributed by atoms with E-state index in [4.69, 9.17) is 9.72 Å². The van der Waals surface area contributed by atoms with Crippen LogP contribution in [0.2, 0.25) is 0 Å². The zero-order chi connectivity index (χ0) is 24.0. The van der Waals surface area contributed by atoms with Gasteiger partial charge in [-0.3, -0.25) is 4.57 Å². The van der Waals surface area contributed by atoms with E-state index >= 15 is 0 Å². The summed E-state index contributed by atoms with van der Waals surface area (Å²) < 4.78 is 21.6. The zero-order valence-electron chi connectivity index (χ0n) is 18.9. The van der Waals surface area contributed by atoms with Crippen LogP contribution in [-0.4, -0.2) is 19.7 Å². The Morgan fingerprint density at radius 2 is 1.74 bits per heavy atom. The van der Waals surface area contributed by atoms with Gasteiger partial charge in [-0.15, -0.1) is 21.5 Å². The highest BCUT2D eigenvalue weighted by Gasteiger charge is 2.16. The molecule has 0 atom stereocenters. The Morgan fingerprint density at radius 3 is 2.54 bits per heavy atom. The summed E-state index contributed by atoms with van der Waals surface area (Å²) in [6, 6.07) is 24.4. The van der Waals surface area contributed by atoms with Gasteiger partial charge in [0, 0.05) is 22.5 Å². The fourth-order valence-electron chi connectivity index (χ4n) is 3.36. The molecule has 0 amide bonds. The van der Waals surface area contributed by atoms with Crippen molar-refractivity contribution in [3.05, 3.63) is 107 Å². The standard InChI is InChI=1S/C26H22FN5OS2/c1-18-11-13-19(14-12-18)28-25-29-20(16-34-25)17-35-26-31-30-24(32(26)21-7-3-2-4-8-21)15-33-23-10-6-5-9-22(23)27/h2-14,16H,15,17H2,1H3,(H,28,29). The van der Waals surface area contributed by atoms with Crippen molar-refractivity contribution in [3.8, 4) is 11.4 Å². The van der Waals surface area contributed by atoms with Gasteiger partial charge in [0.15, 0.2) is 27.7 Å². The minimum Gasteiger partial charge on any atom is -0.483 e. The van der Waals surface area contributed by atoms with Crippen LogP contribution >= 0.6 is 23.1 Å². The Morgan fingerprint density at radius 1 is 0.971 bits per heavy atom. The van der Waals surface area contributed by atoms with Crippen molar-refractivity contribution >= 4 is 33.9 Å². The zero-order valence-corrected chi connectivity index (χ0v) is 20.5. The maximum absolute atomic E-state index is 14.0. The molecule has 0 radical (unpaired) electrons. The van der Waals surface area contributed by atoms with E-state index in [9.17, 15) is 4.39 Å². The molecule has 0 saturated carbocycles. The van der Waals surface area contributed by atoms with Crippen LogP contribution in [0.5, 0.6) is 5.75 Å². The normalized spacial score (nSPS) is 10.9. The molecule has 35 heavy (non-hydrogen) atoms. The van der Waals surface area contributed by atoms with Crippen LogP contribution in [-0.2, 0) is 12.4 Å². The molecule has 9 heteroatoms. The number of nitrogens with zero attached hydrogens (tertiary/aromatic N) is 4. The molecule has 1 N–H and O–H groups in total. The Bertz CT molecular complexity index is 1400. The summed E-state index contributed by atoms with van der Waals surface area (Å²) in [7, 11) is 0. The molecule has 0 unspecified atom stereocenters. The number of anilines is 2. The molecule has 0 bridgehead atoms. The molecule has 6 nitrogen and oxygen atoms in total. The predicted molar refractivity (Wildman–Crippen MR) is 138 cm³/mol. The largest absolute Gasteiger partial charge is 0.483 e. The van der Waals surface area contributed by atoms with Gasteiger partial charge in [-0.2, -0.15) is 0 Å². The van der Waals surface area contributed by atoms with Crippen molar-refractivity contribution < 1.29 is 9.13 Å². The second-order valence-corrected chi connectivity index (χ2v) is 9.51. The van der Waals surface area contributed by atoms with Crippen LogP contribution in [0.4, 0.5) is 15.2 Å². The molecule has 2 aromatic heterocycles. The number of aryl methyl sites for hydroxylation is 1. The highest BCUT2D eigenvalue weighted by molar-refractivity contribution is 7.98. The first-order chi connectivity index (χ1) is 17.2. The average molecular weight is 504 g/mol. The lowest BCUT2D eigenvalue weighted by atomic mass is 10.2. The summed E-state index contributed by atoms with van der Waals surface area (Å²) >= 11 is 3.10. The molecule has 5 rings (SSSR count). The molecule has 0 saturated heterocycles. The Hall–Kier alpha value is -3.69. The monoisotopic (exact) mass is 503 g/mol. The minimum absolute atomic E-state index is 0.0880. The smallest absolute Gasteiger partial charge is 0.196 e. The van der Waals surface area contributed by atoms with Gasteiger partial charge < -0.3 is 10.1 Å². The number of thiazole rings is 1. The van der Waals surface area contributed by atoms with Crippen molar-refractivity contribution in [2.75, 3.05) is 5.32 Å². The number of thioether (sulfide) groups is 1. The number of halogens is 1. The number of benzene rings is 3. The first-order valence-corrected chi connectivity index (χ1v) is 12.8.